The van der Waals surface area contributed by atoms with Crippen LogP contribution in [0, 0.1) is 16.0 Å². The molecule has 21 heavy (non-hydrogen) atoms. The van der Waals surface area contributed by atoms with Crippen molar-refractivity contribution in [1.82, 2.24) is 0 Å². The molecule has 1 aromatic carbocycles. The lowest BCUT2D eigenvalue weighted by atomic mass is 9.87. The maximum atomic E-state index is 11.4. The second-order valence-electron chi connectivity index (χ2n) is 6.18. The van der Waals surface area contributed by atoms with Gasteiger partial charge in [-0.25, -0.2) is 0 Å². The number of nitro groups is 1. The first kappa shape index (κ1) is 15.6. The summed E-state index contributed by atoms with van der Waals surface area (Å²) in [6.45, 7) is 5.99. The van der Waals surface area contributed by atoms with Gasteiger partial charge in [-0.05, 0) is 57.6 Å². The van der Waals surface area contributed by atoms with Gasteiger partial charge in [-0.15, -0.1) is 0 Å². The number of para-hydroxylation sites is 1. The Labute approximate surface area is 125 Å². The molecule has 1 aliphatic rings. The Morgan fingerprint density at radius 2 is 1.95 bits per heavy atom. The van der Waals surface area contributed by atoms with Crippen molar-refractivity contribution in [3.63, 3.8) is 0 Å². The summed E-state index contributed by atoms with van der Waals surface area (Å²) < 4.78 is 5.57. The van der Waals surface area contributed by atoms with Gasteiger partial charge in [0, 0.05) is 6.04 Å². The predicted octanol–water partition coefficient (Wildman–Crippen LogP) is 4.37. The third-order valence-electron chi connectivity index (χ3n) is 3.92. The molecule has 1 saturated carbocycles. The minimum atomic E-state index is -0.356. The van der Waals surface area contributed by atoms with Gasteiger partial charge in [0.1, 0.15) is 5.69 Å². The topological polar surface area (TPSA) is 64.4 Å². The largest absolute Gasteiger partial charge is 0.484 e. The first-order valence-electron chi connectivity index (χ1n) is 7.68. The summed E-state index contributed by atoms with van der Waals surface area (Å²) in [7, 11) is 0. The van der Waals surface area contributed by atoms with Crippen molar-refractivity contribution in [2.45, 2.75) is 58.6 Å². The lowest BCUT2D eigenvalue weighted by Crippen LogP contribution is -2.25. The number of hydrogen-bond acceptors (Lipinski definition) is 4. The number of nitrogens with one attached hydrogen (secondary N) is 1. The van der Waals surface area contributed by atoms with Gasteiger partial charge >= 0.3 is 5.69 Å². The van der Waals surface area contributed by atoms with E-state index in [9.17, 15) is 10.1 Å². The SMILES string of the molecule is CC1CCC(Nc2cccc(OC(C)C)c2[N+](=O)[O-])CC1. The van der Waals surface area contributed by atoms with E-state index in [1.54, 1.807) is 18.2 Å². The van der Waals surface area contributed by atoms with Crippen LogP contribution in [0.3, 0.4) is 0 Å². The Bertz CT molecular complexity index is 494. The molecule has 5 nitrogen and oxygen atoms in total. The minimum absolute atomic E-state index is 0.0461. The van der Waals surface area contributed by atoms with E-state index in [0.29, 0.717) is 17.5 Å². The van der Waals surface area contributed by atoms with Crippen LogP contribution in [0.4, 0.5) is 11.4 Å². The monoisotopic (exact) mass is 292 g/mol. The number of benzene rings is 1. The van der Waals surface area contributed by atoms with Crippen LogP contribution in [0.5, 0.6) is 5.75 Å². The van der Waals surface area contributed by atoms with Gasteiger partial charge in [0.05, 0.1) is 11.0 Å². The normalized spacial score (nSPS) is 22.1. The van der Waals surface area contributed by atoms with E-state index in [0.717, 1.165) is 18.8 Å². The zero-order chi connectivity index (χ0) is 15.4. The molecule has 2 rings (SSSR count). The highest BCUT2D eigenvalue weighted by molar-refractivity contribution is 5.68. The first-order chi connectivity index (χ1) is 9.97. The van der Waals surface area contributed by atoms with E-state index < -0.39 is 0 Å². The van der Waals surface area contributed by atoms with Gasteiger partial charge in [-0.1, -0.05) is 13.0 Å². The van der Waals surface area contributed by atoms with Crippen molar-refractivity contribution in [1.29, 1.82) is 0 Å². The Hall–Kier alpha value is -1.78. The summed E-state index contributed by atoms with van der Waals surface area (Å²) in [5.74, 6) is 1.10. The molecule has 0 spiro atoms. The first-order valence-corrected chi connectivity index (χ1v) is 7.68. The van der Waals surface area contributed by atoms with Crippen LogP contribution in [0.1, 0.15) is 46.5 Å². The second kappa shape index (κ2) is 6.78. The molecule has 116 valence electrons. The molecule has 1 fully saturated rings. The Morgan fingerprint density at radius 1 is 1.29 bits per heavy atom. The lowest BCUT2D eigenvalue weighted by Gasteiger charge is -2.27. The Balaban J connectivity index is 2.20. The molecule has 0 atom stereocenters. The highest BCUT2D eigenvalue weighted by Crippen LogP contribution is 2.37. The fourth-order valence-corrected chi connectivity index (χ4v) is 2.80. The van der Waals surface area contributed by atoms with Crippen LogP contribution in [0.15, 0.2) is 18.2 Å². The number of ether oxygens (including phenoxy) is 1. The molecule has 0 aromatic heterocycles. The summed E-state index contributed by atoms with van der Waals surface area (Å²) in [4.78, 5) is 11.0. The number of rotatable bonds is 5. The second-order valence-corrected chi connectivity index (χ2v) is 6.18. The van der Waals surface area contributed by atoms with Gasteiger partial charge < -0.3 is 10.1 Å². The molecule has 0 saturated heterocycles. The summed E-state index contributed by atoms with van der Waals surface area (Å²) >= 11 is 0. The fourth-order valence-electron chi connectivity index (χ4n) is 2.80. The van der Waals surface area contributed by atoms with E-state index in [-0.39, 0.29) is 16.7 Å². The van der Waals surface area contributed by atoms with Gasteiger partial charge in [0.15, 0.2) is 5.75 Å². The summed E-state index contributed by atoms with van der Waals surface area (Å²) in [5, 5.41) is 14.7. The van der Waals surface area contributed by atoms with Gasteiger partial charge in [0.25, 0.3) is 0 Å². The highest BCUT2D eigenvalue weighted by atomic mass is 16.6. The zero-order valence-corrected chi connectivity index (χ0v) is 13.0. The van der Waals surface area contributed by atoms with E-state index in [2.05, 4.69) is 12.2 Å². The lowest BCUT2D eigenvalue weighted by molar-refractivity contribution is -0.385. The average molecular weight is 292 g/mol. The average Bonchev–Trinajstić information content (AvgIpc) is 2.40. The van der Waals surface area contributed by atoms with Crippen LogP contribution < -0.4 is 10.1 Å². The summed E-state index contributed by atoms with van der Waals surface area (Å²) in [6.07, 6.45) is 4.39. The standard InChI is InChI=1S/C16H24N2O3/c1-11(2)21-15-6-4-5-14(16(15)18(19)20)17-13-9-7-12(3)8-10-13/h4-6,11-13,17H,7-10H2,1-3H3. The molecule has 0 unspecified atom stereocenters. The van der Waals surface area contributed by atoms with Gasteiger partial charge in [-0.2, -0.15) is 0 Å². The summed E-state index contributed by atoms with van der Waals surface area (Å²) in [6, 6.07) is 5.54. The van der Waals surface area contributed by atoms with Crippen molar-refractivity contribution in [3.8, 4) is 5.75 Å². The maximum Gasteiger partial charge on any atom is 0.333 e. The highest BCUT2D eigenvalue weighted by Gasteiger charge is 2.25. The quantitative estimate of drug-likeness (QED) is 0.646. The molecule has 0 heterocycles. The van der Waals surface area contributed by atoms with Crippen molar-refractivity contribution < 1.29 is 9.66 Å². The van der Waals surface area contributed by atoms with Gasteiger partial charge in [0.2, 0.25) is 0 Å². The third-order valence-corrected chi connectivity index (χ3v) is 3.92. The molecular formula is C16H24N2O3. The molecule has 0 bridgehead atoms. The Kier molecular flexibility index (Phi) is 5.04. The fraction of sp³-hybridized carbons (Fsp3) is 0.625. The summed E-state index contributed by atoms with van der Waals surface area (Å²) in [5.41, 5.74) is 0.613. The van der Waals surface area contributed by atoms with Crippen molar-refractivity contribution in [2.24, 2.45) is 5.92 Å². The smallest absolute Gasteiger partial charge is 0.333 e. The third kappa shape index (κ3) is 4.09. The number of anilines is 1. The van der Waals surface area contributed by atoms with Crippen molar-refractivity contribution in [2.75, 3.05) is 5.32 Å². The van der Waals surface area contributed by atoms with E-state index in [1.165, 1.54) is 12.8 Å². The molecule has 0 radical (unpaired) electrons. The number of nitro benzene ring substituents is 1. The van der Waals surface area contributed by atoms with Crippen LogP contribution in [0.2, 0.25) is 0 Å². The number of hydrogen-bond donors (Lipinski definition) is 1. The van der Waals surface area contributed by atoms with Crippen LogP contribution in [-0.2, 0) is 0 Å². The Morgan fingerprint density at radius 3 is 2.52 bits per heavy atom. The molecule has 0 amide bonds. The van der Waals surface area contributed by atoms with Crippen LogP contribution >= 0.6 is 0 Å². The molecule has 5 heteroatoms. The van der Waals surface area contributed by atoms with Crippen molar-refractivity contribution in [3.05, 3.63) is 28.3 Å². The minimum Gasteiger partial charge on any atom is -0.484 e. The van der Waals surface area contributed by atoms with Gasteiger partial charge in [-0.3, -0.25) is 10.1 Å². The molecule has 1 aliphatic carbocycles. The van der Waals surface area contributed by atoms with Crippen molar-refractivity contribution >= 4 is 11.4 Å². The molecule has 1 aromatic rings. The molecule has 0 aliphatic heterocycles. The zero-order valence-electron chi connectivity index (χ0n) is 13.0. The predicted molar refractivity (Wildman–Crippen MR) is 83.9 cm³/mol. The van der Waals surface area contributed by atoms with Crippen LogP contribution in [-0.4, -0.2) is 17.1 Å². The van der Waals surface area contributed by atoms with E-state index in [4.69, 9.17) is 4.74 Å². The number of nitrogens with zero attached hydrogens (tertiary/aromatic N) is 1. The molecule has 1 N–H and O–H groups in total. The maximum absolute atomic E-state index is 11.4. The van der Waals surface area contributed by atoms with E-state index in [1.807, 2.05) is 13.8 Å². The molecular weight excluding hydrogens is 268 g/mol. The van der Waals surface area contributed by atoms with E-state index >= 15 is 0 Å². The van der Waals surface area contributed by atoms with Crippen LogP contribution in [0.25, 0.3) is 0 Å².